The summed E-state index contributed by atoms with van der Waals surface area (Å²) in [5, 5.41) is 13.8. The van der Waals surface area contributed by atoms with Gasteiger partial charge in [0, 0.05) is 37.3 Å². The van der Waals surface area contributed by atoms with Crippen LogP contribution in [0.4, 0.5) is 5.69 Å². The Morgan fingerprint density at radius 1 is 1.29 bits per heavy atom. The molecule has 0 spiro atoms. The van der Waals surface area contributed by atoms with Gasteiger partial charge in [0.1, 0.15) is 0 Å². The highest BCUT2D eigenvalue weighted by Crippen LogP contribution is 2.22. The van der Waals surface area contributed by atoms with E-state index in [1.54, 1.807) is 0 Å². The standard InChI is InChI=1S/C12H17N3O4S.ClH/c1-9-8-14(10(2)7-13-9)20(18,19)12-5-3-11(4-6-12)15(16)17;/h3-6,9-10,13H,7-8H2,1-2H3;1H. The van der Waals surface area contributed by atoms with Crippen LogP contribution in [0.15, 0.2) is 29.2 Å². The molecule has 1 fully saturated rings. The summed E-state index contributed by atoms with van der Waals surface area (Å²) < 4.78 is 26.5. The van der Waals surface area contributed by atoms with Crippen LogP contribution in [0, 0.1) is 10.1 Å². The third-order valence-electron chi connectivity index (χ3n) is 3.36. The second-order valence-electron chi connectivity index (χ2n) is 4.98. The SMILES string of the molecule is CC1CN(S(=O)(=O)c2ccc([N+](=O)[O-])cc2)C(C)CN1.Cl. The van der Waals surface area contributed by atoms with Gasteiger partial charge in [-0.3, -0.25) is 10.1 Å². The molecule has 9 heteroatoms. The van der Waals surface area contributed by atoms with E-state index in [4.69, 9.17) is 0 Å². The third kappa shape index (κ3) is 3.70. The fraction of sp³-hybridized carbons (Fsp3) is 0.500. The molecule has 1 aliphatic rings. The van der Waals surface area contributed by atoms with Crippen molar-refractivity contribution < 1.29 is 13.3 Å². The van der Waals surface area contributed by atoms with Crippen LogP contribution >= 0.6 is 12.4 Å². The van der Waals surface area contributed by atoms with Crippen molar-refractivity contribution in [2.45, 2.75) is 30.8 Å². The minimum absolute atomic E-state index is 0. The summed E-state index contributed by atoms with van der Waals surface area (Å²) in [6, 6.07) is 4.93. The molecule has 21 heavy (non-hydrogen) atoms. The summed E-state index contributed by atoms with van der Waals surface area (Å²) in [5.41, 5.74) is -0.120. The number of hydrogen-bond donors (Lipinski definition) is 1. The molecule has 7 nitrogen and oxygen atoms in total. The van der Waals surface area contributed by atoms with Gasteiger partial charge in [0.25, 0.3) is 5.69 Å². The molecule has 1 aromatic rings. The molecule has 1 N–H and O–H groups in total. The highest BCUT2D eigenvalue weighted by molar-refractivity contribution is 7.89. The smallest absolute Gasteiger partial charge is 0.269 e. The Bertz CT molecular complexity index is 605. The summed E-state index contributed by atoms with van der Waals surface area (Å²) >= 11 is 0. The molecular formula is C12H18ClN3O4S. The van der Waals surface area contributed by atoms with Gasteiger partial charge in [0.15, 0.2) is 0 Å². The number of halogens is 1. The molecule has 1 aliphatic heterocycles. The number of nitrogens with one attached hydrogen (secondary N) is 1. The predicted octanol–water partition coefficient (Wildman–Crippen LogP) is 1.39. The second-order valence-corrected chi connectivity index (χ2v) is 6.87. The highest BCUT2D eigenvalue weighted by Gasteiger charge is 2.33. The van der Waals surface area contributed by atoms with Crippen LogP contribution in [-0.4, -0.2) is 42.8 Å². The van der Waals surface area contributed by atoms with Crippen molar-refractivity contribution in [1.29, 1.82) is 0 Å². The van der Waals surface area contributed by atoms with E-state index in [1.807, 2.05) is 13.8 Å². The number of benzene rings is 1. The lowest BCUT2D eigenvalue weighted by Gasteiger charge is -2.36. The molecular weight excluding hydrogens is 318 g/mol. The number of nitrogens with zero attached hydrogens (tertiary/aromatic N) is 2. The molecule has 2 unspecified atom stereocenters. The van der Waals surface area contributed by atoms with Crippen LogP contribution in [-0.2, 0) is 10.0 Å². The minimum atomic E-state index is -3.62. The summed E-state index contributed by atoms with van der Waals surface area (Å²) in [4.78, 5) is 10.1. The zero-order valence-electron chi connectivity index (χ0n) is 11.7. The molecule has 0 saturated carbocycles. The number of hydrogen-bond acceptors (Lipinski definition) is 5. The number of nitro groups is 1. The van der Waals surface area contributed by atoms with E-state index >= 15 is 0 Å². The minimum Gasteiger partial charge on any atom is -0.311 e. The normalized spacial score (nSPS) is 23.3. The quantitative estimate of drug-likeness (QED) is 0.665. The van der Waals surface area contributed by atoms with Crippen LogP contribution in [0.2, 0.25) is 0 Å². The van der Waals surface area contributed by atoms with Gasteiger partial charge in [-0.1, -0.05) is 0 Å². The van der Waals surface area contributed by atoms with E-state index in [1.165, 1.54) is 28.6 Å². The first-order valence-electron chi connectivity index (χ1n) is 6.32. The maximum absolute atomic E-state index is 12.6. The molecule has 2 atom stereocenters. The molecule has 1 saturated heterocycles. The fourth-order valence-electron chi connectivity index (χ4n) is 2.20. The lowest BCUT2D eigenvalue weighted by atomic mass is 10.2. The zero-order valence-corrected chi connectivity index (χ0v) is 13.4. The average molecular weight is 336 g/mol. The van der Waals surface area contributed by atoms with E-state index in [-0.39, 0.29) is 35.1 Å². The highest BCUT2D eigenvalue weighted by atomic mass is 35.5. The van der Waals surface area contributed by atoms with E-state index < -0.39 is 14.9 Å². The first-order chi connectivity index (χ1) is 9.32. The van der Waals surface area contributed by atoms with Crippen molar-refractivity contribution in [2.24, 2.45) is 0 Å². The Morgan fingerprint density at radius 2 is 1.86 bits per heavy atom. The van der Waals surface area contributed by atoms with Gasteiger partial charge in [0.05, 0.1) is 9.82 Å². The second kappa shape index (κ2) is 6.69. The summed E-state index contributed by atoms with van der Waals surface area (Å²) in [7, 11) is -3.62. The topological polar surface area (TPSA) is 92.5 Å². The van der Waals surface area contributed by atoms with E-state index in [2.05, 4.69) is 5.32 Å². The van der Waals surface area contributed by atoms with Gasteiger partial charge in [-0.2, -0.15) is 4.31 Å². The predicted molar refractivity (Wildman–Crippen MR) is 81.2 cm³/mol. The molecule has 0 aromatic heterocycles. The Balaban J connectivity index is 0.00000220. The van der Waals surface area contributed by atoms with Crippen molar-refractivity contribution in [2.75, 3.05) is 13.1 Å². The molecule has 0 bridgehead atoms. The van der Waals surface area contributed by atoms with Crippen LogP contribution in [0.3, 0.4) is 0 Å². The first kappa shape index (κ1) is 17.8. The number of piperazine rings is 1. The van der Waals surface area contributed by atoms with Gasteiger partial charge in [0.2, 0.25) is 10.0 Å². The average Bonchev–Trinajstić information content (AvgIpc) is 2.41. The zero-order chi connectivity index (χ0) is 14.9. The Morgan fingerprint density at radius 3 is 2.38 bits per heavy atom. The lowest BCUT2D eigenvalue weighted by Crippen LogP contribution is -2.56. The Hall–Kier alpha value is -1.22. The number of sulfonamides is 1. The summed E-state index contributed by atoms with van der Waals surface area (Å²) in [5.74, 6) is 0. The largest absolute Gasteiger partial charge is 0.311 e. The van der Waals surface area contributed by atoms with E-state index in [0.717, 1.165) is 0 Å². The van der Waals surface area contributed by atoms with Gasteiger partial charge in [-0.15, -0.1) is 12.4 Å². The molecule has 0 amide bonds. The molecule has 0 aliphatic carbocycles. The fourth-order valence-corrected chi connectivity index (χ4v) is 3.92. The van der Waals surface area contributed by atoms with Crippen LogP contribution in [0.25, 0.3) is 0 Å². The number of non-ortho nitro benzene ring substituents is 1. The molecule has 1 heterocycles. The lowest BCUT2D eigenvalue weighted by molar-refractivity contribution is -0.384. The van der Waals surface area contributed by atoms with Gasteiger partial charge in [-0.25, -0.2) is 8.42 Å². The van der Waals surface area contributed by atoms with Crippen molar-refractivity contribution in [3.63, 3.8) is 0 Å². The van der Waals surface area contributed by atoms with E-state index in [9.17, 15) is 18.5 Å². The Kier molecular flexibility index (Phi) is 5.68. The maximum Gasteiger partial charge on any atom is 0.269 e. The summed E-state index contributed by atoms with van der Waals surface area (Å²) in [6.45, 7) is 4.74. The van der Waals surface area contributed by atoms with Gasteiger partial charge >= 0.3 is 0 Å². The van der Waals surface area contributed by atoms with Gasteiger partial charge in [-0.05, 0) is 26.0 Å². The summed E-state index contributed by atoms with van der Waals surface area (Å²) in [6.07, 6.45) is 0. The number of nitro benzene ring substituents is 1. The number of rotatable bonds is 3. The Labute approximate surface area is 129 Å². The van der Waals surface area contributed by atoms with Crippen molar-refractivity contribution >= 4 is 28.1 Å². The van der Waals surface area contributed by atoms with Crippen LogP contribution in [0.1, 0.15) is 13.8 Å². The van der Waals surface area contributed by atoms with Crippen molar-refractivity contribution in [3.8, 4) is 0 Å². The van der Waals surface area contributed by atoms with Crippen LogP contribution in [0.5, 0.6) is 0 Å². The third-order valence-corrected chi connectivity index (χ3v) is 5.36. The van der Waals surface area contributed by atoms with Gasteiger partial charge < -0.3 is 5.32 Å². The monoisotopic (exact) mass is 335 g/mol. The molecule has 2 rings (SSSR count). The first-order valence-corrected chi connectivity index (χ1v) is 7.76. The maximum atomic E-state index is 12.6. The van der Waals surface area contributed by atoms with Crippen molar-refractivity contribution in [1.82, 2.24) is 9.62 Å². The molecule has 0 radical (unpaired) electrons. The van der Waals surface area contributed by atoms with Crippen LogP contribution < -0.4 is 5.32 Å². The molecule has 118 valence electrons. The van der Waals surface area contributed by atoms with Crippen molar-refractivity contribution in [3.05, 3.63) is 34.4 Å². The molecule has 1 aromatic carbocycles. The van der Waals surface area contributed by atoms with E-state index in [0.29, 0.717) is 13.1 Å².